The monoisotopic (exact) mass is 469 g/mol. The molecule has 8 nitrogen and oxygen atoms in total. The Hall–Kier alpha value is -2.94. The first-order chi connectivity index (χ1) is 16.5. The Kier molecular flexibility index (Phi) is 6.54. The molecule has 2 fully saturated rings. The quantitative estimate of drug-likeness (QED) is 0.642. The summed E-state index contributed by atoms with van der Waals surface area (Å²) in [7, 11) is 0. The summed E-state index contributed by atoms with van der Waals surface area (Å²) in [6.45, 7) is 2.34. The maximum absolute atomic E-state index is 15.3. The van der Waals surface area contributed by atoms with Gasteiger partial charge in [-0.05, 0) is 57.6 Å². The van der Waals surface area contributed by atoms with E-state index in [2.05, 4.69) is 10.3 Å². The summed E-state index contributed by atoms with van der Waals surface area (Å²) in [5.41, 5.74) is 0.991. The van der Waals surface area contributed by atoms with Gasteiger partial charge in [0.25, 0.3) is 0 Å². The van der Waals surface area contributed by atoms with Crippen molar-refractivity contribution < 1.29 is 19.0 Å². The number of nitrogens with one attached hydrogen (secondary N) is 1. The van der Waals surface area contributed by atoms with E-state index in [1.807, 2.05) is 0 Å². The molecule has 1 aliphatic heterocycles. The van der Waals surface area contributed by atoms with Gasteiger partial charge < -0.3 is 15.2 Å². The van der Waals surface area contributed by atoms with E-state index in [1.165, 1.54) is 4.90 Å². The van der Waals surface area contributed by atoms with Crippen molar-refractivity contribution in [3.63, 3.8) is 0 Å². The maximum atomic E-state index is 15.3. The summed E-state index contributed by atoms with van der Waals surface area (Å²) < 4.78 is 20.7. The molecule has 2 amide bonds. The van der Waals surface area contributed by atoms with Gasteiger partial charge in [0.1, 0.15) is 5.82 Å². The van der Waals surface area contributed by atoms with Gasteiger partial charge in [0.15, 0.2) is 11.6 Å². The number of nitrogens with zero attached hydrogens (tertiary/aromatic N) is 4. The topological polar surface area (TPSA) is 90.8 Å². The molecule has 0 radical (unpaired) electrons. The van der Waals surface area contributed by atoms with Crippen LogP contribution in [0.25, 0.3) is 0 Å². The SMILES string of the molecule is CCOc1cccc(N2Cc3cnc(NC4CCC(O)CC4)nc3N(C3CCCC3)C2=O)c1F. The number of aliphatic hydroxyl groups is 1. The molecule has 0 saturated heterocycles. The molecular weight excluding hydrogens is 437 g/mol. The Morgan fingerprint density at radius 1 is 1.18 bits per heavy atom. The van der Waals surface area contributed by atoms with Crippen LogP contribution in [-0.4, -0.2) is 45.9 Å². The smallest absolute Gasteiger partial charge is 0.330 e. The fraction of sp³-hybridized carbons (Fsp3) is 0.560. The number of benzene rings is 1. The van der Waals surface area contributed by atoms with Crippen molar-refractivity contribution in [1.29, 1.82) is 0 Å². The van der Waals surface area contributed by atoms with Crippen LogP contribution in [0.4, 0.5) is 26.6 Å². The minimum Gasteiger partial charge on any atom is -0.491 e. The van der Waals surface area contributed by atoms with Crippen molar-refractivity contribution >= 4 is 23.5 Å². The van der Waals surface area contributed by atoms with E-state index in [-0.39, 0.29) is 42.2 Å². The van der Waals surface area contributed by atoms with E-state index < -0.39 is 5.82 Å². The van der Waals surface area contributed by atoms with Gasteiger partial charge in [-0.15, -0.1) is 0 Å². The second kappa shape index (κ2) is 9.74. The first kappa shape index (κ1) is 22.8. The molecule has 182 valence electrons. The predicted molar refractivity (Wildman–Crippen MR) is 128 cm³/mol. The van der Waals surface area contributed by atoms with Gasteiger partial charge in [-0.1, -0.05) is 18.9 Å². The number of urea groups is 1. The van der Waals surface area contributed by atoms with E-state index in [0.29, 0.717) is 18.4 Å². The van der Waals surface area contributed by atoms with E-state index in [4.69, 9.17) is 9.72 Å². The Morgan fingerprint density at radius 2 is 1.94 bits per heavy atom. The third kappa shape index (κ3) is 4.41. The number of halogens is 1. The highest BCUT2D eigenvalue weighted by atomic mass is 19.1. The number of ether oxygens (including phenoxy) is 1. The Bertz CT molecular complexity index is 1040. The van der Waals surface area contributed by atoms with Gasteiger partial charge in [0, 0.05) is 23.8 Å². The molecule has 0 unspecified atom stereocenters. The van der Waals surface area contributed by atoms with Gasteiger partial charge >= 0.3 is 6.03 Å². The summed E-state index contributed by atoms with van der Waals surface area (Å²) >= 11 is 0. The van der Waals surface area contributed by atoms with Crippen molar-refractivity contribution in [1.82, 2.24) is 9.97 Å². The largest absolute Gasteiger partial charge is 0.491 e. The number of aliphatic hydroxyl groups excluding tert-OH is 1. The molecule has 2 heterocycles. The summed E-state index contributed by atoms with van der Waals surface area (Å²) in [6, 6.07) is 4.85. The lowest BCUT2D eigenvalue weighted by Gasteiger charge is -2.39. The van der Waals surface area contributed by atoms with Gasteiger partial charge in [-0.2, -0.15) is 4.98 Å². The predicted octanol–water partition coefficient (Wildman–Crippen LogP) is 4.62. The molecule has 9 heteroatoms. The molecule has 0 atom stereocenters. The zero-order valence-electron chi connectivity index (χ0n) is 19.5. The maximum Gasteiger partial charge on any atom is 0.330 e. The first-order valence-electron chi connectivity index (χ1n) is 12.4. The van der Waals surface area contributed by atoms with Crippen LogP contribution in [0.3, 0.4) is 0 Å². The molecule has 2 aliphatic carbocycles. The lowest BCUT2D eigenvalue weighted by atomic mass is 9.93. The molecule has 3 aliphatic rings. The number of rotatable bonds is 6. The average Bonchev–Trinajstić information content (AvgIpc) is 3.36. The van der Waals surface area contributed by atoms with E-state index in [0.717, 1.165) is 56.9 Å². The van der Waals surface area contributed by atoms with Crippen LogP contribution in [-0.2, 0) is 6.54 Å². The Morgan fingerprint density at radius 3 is 2.68 bits per heavy atom. The van der Waals surface area contributed by atoms with E-state index in [1.54, 1.807) is 36.2 Å². The van der Waals surface area contributed by atoms with Crippen molar-refractivity contribution in [2.75, 3.05) is 21.7 Å². The van der Waals surface area contributed by atoms with Crippen molar-refractivity contribution in [3.05, 3.63) is 35.8 Å². The summed E-state index contributed by atoms with van der Waals surface area (Å²) in [6.07, 6.45) is 8.65. The highest BCUT2D eigenvalue weighted by Crippen LogP contribution is 2.38. The standard InChI is InChI=1S/C25H32FN5O3/c1-2-34-21-9-5-8-20(22(21)26)30-15-16-14-27-24(28-17-10-12-19(32)13-11-17)29-23(16)31(25(30)33)18-6-3-4-7-18/h5,8-9,14,17-19,32H,2-4,6-7,10-13,15H2,1H3,(H,27,28,29). The van der Waals surface area contributed by atoms with Crippen molar-refractivity contribution in [2.24, 2.45) is 0 Å². The number of anilines is 3. The molecule has 1 aromatic carbocycles. The van der Waals surface area contributed by atoms with Crippen molar-refractivity contribution in [2.45, 2.75) is 83.0 Å². The third-order valence-electron chi connectivity index (χ3n) is 7.09. The molecule has 2 saturated carbocycles. The van der Waals surface area contributed by atoms with Crippen LogP contribution in [0.1, 0.15) is 63.9 Å². The summed E-state index contributed by atoms with van der Waals surface area (Å²) in [4.78, 5) is 26.3. The highest BCUT2D eigenvalue weighted by Gasteiger charge is 2.39. The number of aromatic nitrogens is 2. The van der Waals surface area contributed by atoms with Crippen LogP contribution in [0, 0.1) is 5.82 Å². The average molecular weight is 470 g/mol. The Labute approximate surface area is 199 Å². The van der Waals surface area contributed by atoms with Crippen LogP contribution >= 0.6 is 0 Å². The van der Waals surface area contributed by atoms with Crippen LogP contribution in [0.15, 0.2) is 24.4 Å². The highest BCUT2D eigenvalue weighted by molar-refractivity contribution is 6.06. The normalized spacial score (nSPS) is 23.2. The molecule has 2 aromatic rings. The van der Waals surface area contributed by atoms with E-state index >= 15 is 4.39 Å². The summed E-state index contributed by atoms with van der Waals surface area (Å²) in [5.74, 6) is 0.711. The summed E-state index contributed by atoms with van der Waals surface area (Å²) in [5, 5.41) is 13.2. The molecular formula is C25H32FN5O3. The minimum atomic E-state index is -0.536. The van der Waals surface area contributed by atoms with E-state index in [9.17, 15) is 9.90 Å². The molecule has 34 heavy (non-hydrogen) atoms. The fourth-order valence-corrected chi connectivity index (χ4v) is 5.30. The molecule has 0 spiro atoms. The lowest BCUT2D eigenvalue weighted by Crippen LogP contribution is -2.52. The second-order valence-electron chi connectivity index (χ2n) is 9.39. The van der Waals surface area contributed by atoms with Gasteiger partial charge in [-0.3, -0.25) is 9.80 Å². The second-order valence-corrected chi connectivity index (χ2v) is 9.39. The zero-order valence-corrected chi connectivity index (χ0v) is 19.5. The third-order valence-corrected chi connectivity index (χ3v) is 7.09. The first-order valence-corrected chi connectivity index (χ1v) is 12.4. The molecule has 2 N–H and O–H groups in total. The number of carbonyl (C=O) groups is 1. The Balaban J connectivity index is 1.47. The number of amides is 2. The molecule has 5 rings (SSSR count). The molecule has 0 bridgehead atoms. The number of hydrogen-bond acceptors (Lipinski definition) is 6. The van der Waals surface area contributed by atoms with Gasteiger partial charge in [0.2, 0.25) is 5.95 Å². The minimum absolute atomic E-state index is 0.0276. The zero-order chi connectivity index (χ0) is 23.7. The van der Waals surface area contributed by atoms with Crippen LogP contribution in [0.2, 0.25) is 0 Å². The fourth-order valence-electron chi connectivity index (χ4n) is 5.30. The number of hydrogen-bond donors (Lipinski definition) is 2. The van der Waals surface area contributed by atoms with Gasteiger partial charge in [-0.25, -0.2) is 14.2 Å². The van der Waals surface area contributed by atoms with Crippen LogP contribution < -0.4 is 19.9 Å². The number of carbonyl (C=O) groups excluding carboxylic acids is 1. The molecule has 1 aromatic heterocycles. The van der Waals surface area contributed by atoms with Crippen molar-refractivity contribution in [3.8, 4) is 5.75 Å². The van der Waals surface area contributed by atoms with Crippen LogP contribution in [0.5, 0.6) is 5.75 Å². The number of fused-ring (bicyclic) bond motifs is 1. The lowest BCUT2D eigenvalue weighted by molar-refractivity contribution is 0.126. The van der Waals surface area contributed by atoms with Gasteiger partial charge in [0.05, 0.1) is 24.9 Å².